The second-order valence-corrected chi connectivity index (χ2v) is 8.11. The molecule has 0 saturated heterocycles. The van der Waals surface area contributed by atoms with Crippen molar-refractivity contribution in [1.29, 1.82) is 0 Å². The van der Waals surface area contributed by atoms with Gasteiger partial charge in [-0.15, -0.1) is 0 Å². The highest BCUT2D eigenvalue weighted by atomic mass is 32.1. The molecule has 0 amide bonds. The quantitative estimate of drug-likeness (QED) is 0.390. The predicted octanol–water partition coefficient (Wildman–Crippen LogP) is 4.99. The van der Waals surface area contributed by atoms with E-state index in [1.165, 1.54) is 16.0 Å². The second-order valence-electron chi connectivity index (χ2n) is 7.10. The zero-order valence-corrected chi connectivity index (χ0v) is 18.3. The molecule has 0 saturated carbocycles. The number of ether oxygens (including phenoxy) is 1. The number of para-hydroxylation sites is 1. The number of rotatable bonds is 5. The SMILES string of the molecule is COc1ccc(-c2[nH]n(-c3nc4ccccc4s3)c(=O)c2C(C)=Nc2cccnc2)cc1. The minimum absolute atomic E-state index is 0.208. The third-order valence-corrected chi connectivity index (χ3v) is 6.07. The van der Waals surface area contributed by atoms with Gasteiger partial charge >= 0.3 is 0 Å². The van der Waals surface area contributed by atoms with Crippen molar-refractivity contribution >= 4 is 33.0 Å². The zero-order chi connectivity index (χ0) is 22.1. The van der Waals surface area contributed by atoms with E-state index >= 15 is 0 Å². The number of thiazole rings is 1. The van der Waals surface area contributed by atoms with Crippen molar-refractivity contribution in [3.05, 3.63) is 89.0 Å². The van der Waals surface area contributed by atoms with Crippen LogP contribution in [-0.2, 0) is 0 Å². The third-order valence-electron chi connectivity index (χ3n) is 5.05. The first-order chi connectivity index (χ1) is 15.6. The van der Waals surface area contributed by atoms with Crippen LogP contribution in [0.15, 0.2) is 82.8 Å². The largest absolute Gasteiger partial charge is 0.497 e. The number of benzene rings is 2. The Bertz CT molecular complexity index is 1450. The fourth-order valence-corrected chi connectivity index (χ4v) is 4.42. The van der Waals surface area contributed by atoms with Gasteiger partial charge in [0.2, 0.25) is 5.13 Å². The Morgan fingerprint density at radius 3 is 2.62 bits per heavy atom. The molecular weight excluding hydrogens is 422 g/mol. The van der Waals surface area contributed by atoms with Crippen molar-refractivity contribution in [2.24, 2.45) is 4.99 Å². The van der Waals surface area contributed by atoms with E-state index in [1.807, 2.05) is 67.6 Å². The van der Waals surface area contributed by atoms with Crippen molar-refractivity contribution in [3.8, 4) is 22.1 Å². The van der Waals surface area contributed by atoms with E-state index in [4.69, 9.17) is 4.74 Å². The van der Waals surface area contributed by atoms with Crippen LogP contribution < -0.4 is 10.3 Å². The van der Waals surface area contributed by atoms with E-state index in [1.54, 1.807) is 19.5 Å². The Labute approximate surface area is 187 Å². The molecule has 7 nitrogen and oxygen atoms in total. The first kappa shape index (κ1) is 19.9. The summed E-state index contributed by atoms with van der Waals surface area (Å²) in [6.07, 6.45) is 3.35. The minimum atomic E-state index is -0.208. The third kappa shape index (κ3) is 3.61. The summed E-state index contributed by atoms with van der Waals surface area (Å²) in [6.45, 7) is 1.83. The molecule has 0 fully saturated rings. The molecule has 0 bridgehead atoms. The Morgan fingerprint density at radius 2 is 1.91 bits per heavy atom. The molecule has 0 aliphatic rings. The van der Waals surface area contributed by atoms with Crippen molar-refractivity contribution in [2.75, 3.05) is 7.11 Å². The molecule has 8 heteroatoms. The lowest BCUT2D eigenvalue weighted by Crippen LogP contribution is -2.19. The van der Waals surface area contributed by atoms with Gasteiger partial charge in [0.15, 0.2) is 0 Å². The van der Waals surface area contributed by atoms with Crippen LogP contribution in [0.3, 0.4) is 0 Å². The molecule has 0 aliphatic heterocycles. The summed E-state index contributed by atoms with van der Waals surface area (Å²) < 4.78 is 7.78. The van der Waals surface area contributed by atoms with Crippen LogP contribution in [0.25, 0.3) is 26.6 Å². The van der Waals surface area contributed by atoms with Gasteiger partial charge in [0.25, 0.3) is 5.56 Å². The zero-order valence-electron chi connectivity index (χ0n) is 17.4. The van der Waals surface area contributed by atoms with Gasteiger partial charge in [-0.05, 0) is 55.5 Å². The van der Waals surface area contributed by atoms with E-state index in [2.05, 4.69) is 20.1 Å². The van der Waals surface area contributed by atoms with Gasteiger partial charge in [-0.3, -0.25) is 19.9 Å². The van der Waals surface area contributed by atoms with Crippen LogP contribution in [0.5, 0.6) is 5.75 Å². The maximum atomic E-state index is 13.6. The number of pyridine rings is 1. The van der Waals surface area contributed by atoms with Crippen molar-refractivity contribution in [1.82, 2.24) is 19.7 Å². The van der Waals surface area contributed by atoms with E-state index < -0.39 is 0 Å². The molecule has 5 rings (SSSR count). The highest BCUT2D eigenvalue weighted by Crippen LogP contribution is 2.27. The number of methoxy groups -OCH3 is 1. The Kier molecular flexibility index (Phi) is 5.12. The molecule has 1 N–H and O–H groups in total. The topological polar surface area (TPSA) is 85.2 Å². The van der Waals surface area contributed by atoms with E-state index in [9.17, 15) is 4.79 Å². The van der Waals surface area contributed by atoms with Gasteiger partial charge in [0.05, 0.1) is 46.2 Å². The fraction of sp³-hybridized carbons (Fsp3) is 0.0833. The normalized spacial score (nSPS) is 11.8. The number of nitrogens with one attached hydrogen (secondary N) is 1. The Balaban J connectivity index is 1.71. The maximum Gasteiger partial charge on any atom is 0.283 e. The summed E-state index contributed by atoms with van der Waals surface area (Å²) in [6, 6.07) is 19.0. The average Bonchev–Trinajstić information content (AvgIpc) is 3.40. The van der Waals surface area contributed by atoms with Crippen LogP contribution in [0.2, 0.25) is 0 Å². The molecule has 5 aromatic rings. The van der Waals surface area contributed by atoms with Gasteiger partial charge in [0, 0.05) is 11.8 Å². The molecule has 2 aromatic carbocycles. The Hall–Kier alpha value is -4.04. The summed E-state index contributed by atoms with van der Waals surface area (Å²) in [5, 5.41) is 3.84. The number of hydrogen-bond acceptors (Lipinski definition) is 6. The molecule has 0 aliphatic carbocycles. The molecule has 158 valence electrons. The van der Waals surface area contributed by atoms with Crippen molar-refractivity contribution < 1.29 is 4.74 Å². The lowest BCUT2D eigenvalue weighted by Gasteiger charge is -2.04. The highest BCUT2D eigenvalue weighted by Gasteiger charge is 2.21. The molecule has 0 unspecified atom stereocenters. The lowest BCUT2D eigenvalue weighted by molar-refractivity contribution is 0.415. The van der Waals surface area contributed by atoms with Gasteiger partial charge in [-0.25, -0.2) is 4.98 Å². The van der Waals surface area contributed by atoms with E-state index in [0.717, 1.165) is 21.5 Å². The molecule has 0 radical (unpaired) electrons. The maximum absolute atomic E-state index is 13.6. The second kappa shape index (κ2) is 8.24. The highest BCUT2D eigenvalue weighted by molar-refractivity contribution is 7.20. The smallest absolute Gasteiger partial charge is 0.283 e. The fourth-order valence-electron chi connectivity index (χ4n) is 3.50. The Morgan fingerprint density at radius 1 is 1.09 bits per heavy atom. The number of aromatic nitrogens is 4. The van der Waals surface area contributed by atoms with Gasteiger partial charge in [-0.1, -0.05) is 23.5 Å². The number of aliphatic imine (C=N–C) groups is 1. The van der Waals surface area contributed by atoms with Crippen LogP contribution in [0.4, 0.5) is 5.69 Å². The van der Waals surface area contributed by atoms with Crippen LogP contribution in [0.1, 0.15) is 12.5 Å². The molecule has 0 atom stereocenters. The summed E-state index contributed by atoms with van der Waals surface area (Å²) >= 11 is 1.45. The molecule has 3 heterocycles. The lowest BCUT2D eigenvalue weighted by atomic mass is 10.0. The predicted molar refractivity (Wildman–Crippen MR) is 128 cm³/mol. The summed E-state index contributed by atoms with van der Waals surface area (Å²) in [4.78, 5) is 27.0. The molecular formula is C24H19N5O2S. The number of fused-ring (bicyclic) bond motifs is 1. The summed E-state index contributed by atoms with van der Waals surface area (Å²) in [7, 11) is 1.62. The number of nitrogens with zero attached hydrogens (tertiary/aromatic N) is 4. The van der Waals surface area contributed by atoms with Crippen LogP contribution in [-0.4, -0.2) is 32.6 Å². The number of hydrogen-bond donors (Lipinski definition) is 1. The number of H-pyrrole nitrogens is 1. The first-order valence-corrected chi connectivity index (χ1v) is 10.8. The standard InChI is InChI=1S/C24H19N5O2S/c1-15(26-17-6-5-13-25-14-17)21-22(16-9-11-18(31-2)12-10-16)28-29(23(21)30)24-27-19-7-3-4-8-20(19)32-24/h3-14,28H,1-2H3. The average molecular weight is 442 g/mol. The van der Waals surface area contributed by atoms with Crippen molar-refractivity contribution in [3.63, 3.8) is 0 Å². The first-order valence-electron chi connectivity index (χ1n) is 9.95. The molecule has 0 spiro atoms. The van der Waals surface area contributed by atoms with Gasteiger partial charge < -0.3 is 4.74 Å². The molecule has 3 aromatic heterocycles. The molecule has 32 heavy (non-hydrogen) atoms. The van der Waals surface area contributed by atoms with E-state index in [-0.39, 0.29) is 5.56 Å². The van der Waals surface area contributed by atoms with E-state index in [0.29, 0.717) is 27.8 Å². The monoisotopic (exact) mass is 441 g/mol. The van der Waals surface area contributed by atoms with Crippen molar-refractivity contribution in [2.45, 2.75) is 6.92 Å². The van der Waals surface area contributed by atoms with Crippen LogP contribution in [0, 0.1) is 0 Å². The summed E-state index contributed by atoms with van der Waals surface area (Å²) in [5.74, 6) is 0.740. The van der Waals surface area contributed by atoms with Gasteiger partial charge in [0.1, 0.15) is 5.75 Å². The number of aromatic amines is 1. The minimum Gasteiger partial charge on any atom is -0.497 e. The van der Waals surface area contributed by atoms with Crippen LogP contribution >= 0.6 is 11.3 Å². The van der Waals surface area contributed by atoms with Gasteiger partial charge in [-0.2, -0.15) is 4.68 Å². The summed E-state index contributed by atoms with van der Waals surface area (Å²) in [5.41, 5.74) is 3.91.